The number of benzene rings is 1. The molecule has 0 saturated heterocycles. The first-order chi connectivity index (χ1) is 12.3. The van der Waals surface area contributed by atoms with Gasteiger partial charge in [-0.15, -0.1) is 0 Å². The van der Waals surface area contributed by atoms with Crippen molar-refractivity contribution in [3.63, 3.8) is 0 Å². The van der Waals surface area contributed by atoms with Crippen molar-refractivity contribution in [3.8, 4) is 0 Å². The van der Waals surface area contributed by atoms with Gasteiger partial charge >= 0.3 is 5.97 Å². The normalized spacial score (nSPS) is 11.9. The molecule has 1 aromatic carbocycles. The van der Waals surface area contributed by atoms with Crippen molar-refractivity contribution in [1.82, 2.24) is 4.57 Å². The van der Waals surface area contributed by atoms with E-state index in [1.54, 1.807) is 19.9 Å². The lowest BCUT2D eigenvalue weighted by molar-refractivity contribution is -0.146. The predicted octanol–water partition coefficient (Wildman–Crippen LogP) is 2.71. The first-order valence-corrected chi connectivity index (χ1v) is 8.29. The lowest BCUT2D eigenvalue weighted by Crippen LogP contribution is -2.35. The zero-order valence-electron chi connectivity index (χ0n) is 14.7. The van der Waals surface area contributed by atoms with Crippen molar-refractivity contribution in [3.05, 3.63) is 57.5 Å². The van der Waals surface area contributed by atoms with Gasteiger partial charge in [-0.1, -0.05) is 25.4 Å². The first kappa shape index (κ1) is 19.5. The summed E-state index contributed by atoms with van der Waals surface area (Å²) in [6.45, 7) is 3.60. The number of hydrogen-bond donors (Lipinski definition) is 2. The maximum absolute atomic E-state index is 12.7. The number of carbonyl (C=O) groups is 2. The molecule has 0 saturated carbocycles. The summed E-state index contributed by atoms with van der Waals surface area (Å²) in [7, 11) is 1.26. The van der Waals surface area contributed by atoms with E-state index in [1.165, 1.54) is 42.1 Å². The van der Waals surface area contributed by atoms with Gasteiger partial charge in [0.05, 0.1) is 17.8 Å². The molecule has 0 aliphatic rings. The molecule has 1 heterocycles. The van der Waals surface area contributed by atoms with E-state index in [0.29, 0.717) is 5.69 Å². The second-order valence-electron chi connectivity index (χ2n) is 6.04. The van der Waals surface area contributed by atoms with E-state index >= 15 is 0 Å². The molecule has 1 amide bonds. The van der Waals surface area contributed by atoms with Gasteiger partial charge in [0.15, 0.2) is 0 Å². The molecule has 2 aromatic rings. The minimum absolute atomic E-state index is 0.0417. The smallest absolute Gasteiger partial charge is 0.329 e. The number of anilines is 2. The van der Waals surface area contributed by atoms with Crippen LogP contribution in [0.4, 0.5) is 11.4 Å². The van der Waals surface area contributed by atoms with Crippen molar-refractivity contribution < 1.29 is 14.3 Å². The molecule has 3 N–H and O–H groups in total. The third-order valence-electron chi connectivity index (χ3n) is 3.86. The van der Waals surface area contributed by atoms with Gasteiger partial charge in [0.2, 0.25) is 0 Å². The van der Waals surface area contributed by atoms with Crippen LogP contribution in [0.1, 0.15) is 30.2 Å². The molecule has 2 rings (SSSR count). The van der Waals surface area contributed by atoms with Crippen LogP contribution in [0.25, 0.3) is 0 Å². The number of hydrogen-bond acceptors (Lipinski definition) is 5. The minimum atomic E-state index is -0.796. The molecule has 1 atom stereocenters. The number of nitrogens with zero attached hydrogens (tertiary/aromatic N) is 1. The zero-order valence-corrected chi connectivity index (χ0v) is 15.4. The summed E-state index contributed by atoms with van der Waals surface area (Å²) in [5.74, 6) is -1.22. The standard InChI is InChI=1S/C18H20ClN3O4/c1-10(2)15(18(25)26-3)22-8-4-5-14(17(22)24)21-16(23)11-6-7-13(20)12(19)9-11/h4-10,15H,20H2,1-3H3,(H,21,23). The third kappa shape index (κ3) is 4.05. The molecule has 26 heavy (non-hydrogen) atoms. The van der Waals surface area contributed by atoms with Crippen LogP contribution in [0.5, 0.6) is 0 Å². The van der Waals surface area contributed by atoms with Crippen LogP contribution in [-0.2, 0) is 9.53 Å². The second kappa shape index (κ2) is 8.05. The molecule has 0 aliphatic carbocycles. The Morgan fingerprint density at radius 3 is 2.54 bits per heavy atom. The molecule has 138 valence electrons. The Balaban J connectivity index is 2.36. The molecule has 0 aliphatic heterocycles. The monoisotopic (exact) mass is 377 g/mol. The Labute approximate surface area is 155 Å². The number of nitrogen functional groups attached to an aromatic ring is 1. The number of esters is 1. The summed E-state index contributed by atoms with van der Waals surface area (Å²) >= 11 is 5.92. The Bertz CT molecular complexity index is 892. The maximum Gasteiger partial charge on any atom is 0.329 e. The zero-order chi connectivity index (χ0) is 19.4. The Hall–Kier alpha value is -2.80. The van der Waals surface area contributed by atoms with E-state index in [0.717, 1.165) is 0 Å². The van der Waals surface area contributed by atoms with Crippen molar-refractivity contribution in [2.24, 2.45) is 5.92 Å². The minimum Gasteiger partial charge on any atom is -0.467 e. The fraction of sp³-hybridized carbons (Fsp3) is 0.278. The Morgan fingerprint density at radius 1 is 1.27 bits per heavy atom. The van der Waals surface area contributed by atoms with E-state index in [9.17, 15) is 14.4 Å². The van der Waals surface area contributed by atoms with E-state index in [1.807, 2.05) is 0 Å². The van der Waals surface area contributed by atoms with Crippen molar-refractivity contribution in [2.45, 2.75) is 19.9 Å². The number of nitrogens with two attached hydrogens (primary N) is 1. The Kier molecular flexibility index (Phi) is 6.05. The van der Waals surface area contributed by atoms with Crippen LogP contribution < -0.4 is 16.6 Å². The van der Waals surface area contributed by atoms with Gasteiger partial charge in [0, 0.05) is 11.8 Å². The van der Waals surface area contributed by atoms with Crippen LogP contribution >= 0.6 is 11.6 Å². The number of carbonyl (C=O) groups excluding carboxylic acids is 2. The lowest BCUT2D eigenvalue weighted by atomic mass is 10.0. The fourth-order valence-corrected chi connectivity index (χ4v) is 2.70. The summed E-state index contributed by atoms with van der Waals surface area (Å²) in [4.78, 5) is 37.1. The van der Waals surface area contributed by atoms with Crippen LogP contribution in [0.2, 0.25) is 5.02 Å². The molecular formula is C18H20ClN3O4. The van der Waals surface area contributed by atoms with Crippen molar-refractivity contribution in [1.29, 1.82) is 0 Å². The van der Waals surface area contributed by atoms with Gasteiger partial charge in [-0.2, -0.15) is 0 Å². The highest BCUT2D eigenvalue weighted by Gasteiger charge is 2.26. The maximum atomic E-state index is 12.7. The van der Waals surface area contributed by atoms with Gasteiger partial charge in [-0.25, -0.2) is 4.79 Å². The number of methoxy groups -OCH3 is 1. The topological polar surface area (TPSA) is 103 Å². The average molecular weight is 378 g/mol. The molecule has 7 nitrogen and oxygen atoms in total. The number of ether oxygens (including phenoxy) is 1. The number of nitrogens with one attached hydrogen (secondary N) is 1. The number of amides is 1. The van der Waals surface area contributed by atoms with Crippen LogP contribution in [0.3, 0.4) is 0 Å². The number of pyridine rings is 1. The number of aromatic nitrogens is 1. The van der Waals surface area contributed by atoms with Gasteiger partial charge in [-0.05, 0) is 36.2 Å². The highest BCUT2D eigenvalue weighted by atomic mass is 35.5. The second-order valence-corrected chi connectivity index (χ2v) is 6.44. The van der Waals surface area contributed by atoms with Crippen LogP contribution in [0.15, 0.2) is 41.3 Å². The SMILES string of the molecule is COC(=O)C(C(C)C)n1cccc(NC(=O)c2ccc(N)c(Cl)c2)c1=O. The molecule has 0 fully saturated rings. The number of rotatable bonds is 5. The van der Waals surface area contributed by atoms with E-state index < -0.39 is 23.5 Å². The van der Waals surface area contributed by atoms with Gasteiger partial charge in [0.25, 0.3) is 11.5 Å². The van der Waals surface area contributed by atoms with Crippen molar-refractivity contribution >= 4 is 34.9 Å². The highest BCUT2D eigenvalue weighted by molar-refractivity contribution is 6.33. The van der Waals surface area contributed by atoms with E-state index in [4.69, 9.17) is 22.1 Å². The summed E-state index contributed by atoms with van der Waals surface area (Å²) in [6, 6.07) is 6.67. The van der Waals surface area contributed by atoms with Crippen molar-refractivity contribution in [2.75, 3.05) is 18.2 Å². The summed E-state index contributed by atoms with van der Waals surface area (Å²) < 4.78 is 6.04. The lowest BCUT2D eigenvalue weighted by Gasteiger charge is -2.21. The van der Waals surface area contributed by atoms with Gasteiger partial charge in [0.1, 0.15) is 11.7 Å². The molecular weight excluding hydrogens is 358 g/mol. The molecule has 0 radical (unpaired) electrons. The van der Waals surface area contributed by atoms with Gasteiger partial charge < -0.3 is 15.8 Å². The molecule has 0 spiro atoms. The van der Waals surface area contributed by atoms with E-state index in [2.05, 4.69) is 5.32 Å². The average Bonchev–Trinajstić information content (AvgIpc) is 2.60. The molecule has 1 unspecified atom stereocenters. The summed E-state index contributed by atoms with van der Waals surface area (Å²) in [5.41, 5.74) is 5.77. The van der Waals surface area contributed by atoms with Gasteiger partial charge in [-0.3, -0.25) is 14.2 Å². The van der Waals surface area contributed by atoms with Crippen LogP contribution in [0, 0.1) is 5.92 Å². The number of halogens is 1. The summed E-state index contributed by atoms with van der Waals surface area (Å²) in [5, 5.41) is 2.78. The predicted molar refractivity (Wildman–Crippen MR) is 100 cm³/mol. The molecule has 1 aromatic heterocycles. The third-order valence-corrected chi connectivity index (χ3v) is 4.19. The first-order valence-electron chi connectivity index (χ1n) is 7.91. The quantitative estimate of drug-likeness (QED) is 0.616. The largest absolute Gasteiger partial charge is 0.467 e. The molecule has 0 bridgehead atoms. The fourth-order valence-electron chi connectivity index (χ4n) is 2.51. The van der Waals surface area contributed by atoms with E-state index in [-0.39, 0.29) is 22.2 Å². The Morgan fingerprint density at radius 2 is 1.96 bits per heavy atom. The summed E-state index contributed by atoms with van der Waals surface area (Å²) in [6.07, 6.45) is 1.49. The highest BCUT2D eigenvalue weighted by Crippen LogP contribution is 2.21. The molecule has 8 heteroatoms. The van der Waals surface area contributed by atoms with Crippen LogP contribution in [-0.4, -0.2) is 23.6 Å².